The van der Waals surface area contributed by atoms with Gasteiger partial charge in [-0.3, -0.25) is 0 Å². The molecule has 1 aliphatic rings. The number of halogens is 1. The van der Waals surface area contributed by atoms with Crippen LogP contribution in [0.1, 0.15) is 27.2 Å². The second-order valence-corrected chi connectivity index (χ2v) is 2.90. The first-order valence-electron chi connectivity index (χ1n) is 3.70. The Morgan fingerprint density at radius 1 is 1.55 bits per heavy atom. The molecule has 0 N–H and O–H groups in total. The van der Waals surface area contributed by atoms with Crippen LogP contribution in [0, 0.1) is 0 Å². The summed E-state index contributed by atoms with van der Waals surface area (Å²) in [7, 11) is 0. The molecule has 1 rings (SSSR count). The first kappa shape index (κ1) is 8.53. The van der Waals surface area contributed by atoms with Crippen molar-refractivity contribution >= 4 is 23.4 Å². The van der Waals surface area contributed by atoms with Crippen LogP contribution >= 0.6 is 11.8 Å². The minimum absolute atomic E-state index is 0.0640. The van der Waals surface area contributed by atoms with Crippen LogP contribution in [-0.4, -0.2) is 22.3 Å². The molecular weight excluding hydrogens is 162 g/mol. The molecule has 0 saturated heterocycles. The fraction of sp³-hybridized carbons (Fsp3) is 0.714. The van der Waals surface area contributed by atoms with E-state index in [1.54, 1.807) is 4.42 Å². The lowest BCUT2D eigenvalue weighted by Gasteiger charge is -2.25. The maximum atomic E-state index is 5.89. The molecular formula is C7H12ClN3. The van der Waals surface area contributed by atoms with Crippen molar-refractivity contribution in [1.82, 2.24) is 4.42 Å². The molecule has 1 atom stereocenters. The zero-order valence-electron chi connectivity index (χ0n) is 7.00. The third-order valence-electron chi connectivity index (χ3n) is 1.60. The molecule has 0 bridgehead atoms. The van der Waals surface area contributed by atoms with E-state index in [9.17, 15) is 0 Å². The molecule has 0 aromatic carbocycles. The summed E-state index contributed by atoms with van der Waals surface area (Å²) in [6.07, 6.45) is 0.974. The summed E-state index contributed by atoms with van der Waals surface area (Å²) in [5.74, 6) is 1.64. The minimum Gasteiger partial charge on any atom is -0.248 e. The third kappa shape index (κ3) is 1.71. The summed E-state index contributed by atoms with van der Waals surface area (Å²) in [5.41, 5.74) is 0. The van der Waals surface area contributed by atoms with Crippen LogP contribution in [0.2, 0.25) is 0 Å². The van der Waals surface area contributed by atoms with Crippen molar-refractivity contribution in [2.45, 2.75) is 33.4 Å². The Labute approximate surface area is 71.9 Å². The molecule has 1 aliphatic heterocycles. The van der Waals surface area contributed by atoms with Crippen LogP contribution < -0.4 is 0 Å². The van der Waals surface area contributed by atoms with E-state index in [1.165, 1.54) is 0 Å². The number of aliphatic imine (C=N–C) groups is 2. The first-order chi connectivity index (χ1) is 5.15. The van der Waals surface area contributed by atoms with Gasteiger partial charge in [-0.25, -0.2) is 14.4 Å². The summed E-state index contributed by atoms with van der Waals surface area (Å²) in [4.78, 5) is 8.38. The van der Waals surface area contributed by atoms with Gasteiger partial charge in [-0.15, -0.1) is 0 Å². The van der Waals surface area contributed by atoms with Gasteiger partial charge in [0.05, 0.1) is 0 Å². The van der Waals surface area contributed by atoms with Gasteiger partial charge in [-0.2, -0.15) is 0 Å². The van der Waals surface area contributed by atoms with Crippen molar-refractivity contribution in [1.29, 1.82) is 0 Å². The zero-order chi connectivity index (χ0) is 8.43. The van der Waals surface area contributed by atoms with Crippen LogP contribution in [0.5, 0.6) is 0 Å². The van der Waals surface area contributed by atoms with Gasteiger partial charge in [0.15, 0.2) is 0 Å². The fourth-order valence-electron chi connectivity index (χ4n) is 1.04. The van der Waals surface area contributed by atoms with E-state index < -0.39 is 0 Å². The van der Waals surface area contributed by atoms with Crippen LogP contribution in [-0.2, 0) is 0 Å². The molecule has 0 aromatic heterocycles. The maximum absolute atomic E-state index is 5.89. The monoisotopic (exact) mass is 173 g/mol. The predicted molar refractivity (Wildman–Crippen MR) is 48.0 cm³/mol. The molecule has 0 fully saturated rings. The largest absolute Gasteiger partial charge is 0.248 e. The van der Waals surface area contributed by atoms with Crippen molar-refractivity contribution in [3.8, 4) is 0 Å². The average Bonchev–Trinajstić information content (AvgIpc) is 1.96. The molecule has 3 nitrogen and oxygen atoms in total. The Balaban J connectivity index is 2.81. The number of nitrogens with zero attached hydrogens (tertiary/aromatic N) is 3. The Kier molecular flexibility index (Phi) is 2.49. The molecule has 0 saturated carbocycles. The van der Waals surface area contributed by atoms with E-state index in [-0.39, 0.29) is 6.17 Å². The molecule has 62 valence electrons. The van der Waals surface area contributed by atoms with E-state index in [4.69, 9.17) is 11.8 Å². The summed E-state index contributed by atoms with van der Waals surface area (Å²) in [6, 6.07) is 0. The molecule has 1 unspecified atom stereocenters. The SMILES string of the molecule is CCC1N=C(C)N=C(C)N1Cl. The average molecular weight is 174 g/mol. The lowest BCUT2D eigenvalue weighted by molar-refractivity contribution is 0.455. The van der Waals surface area contributed by atoms with Crippen molar-refractivity contribution in [2.75, 3.05) is 0 Å². The summed E-state index contributed by atoms with van der Waals surface area (Å²) in [5, 5.41) is 0. The van der Waals surface area contributed by atoms with Crippen molar-refractivity contribution in [3.05, 3.63) is 0 Å². The first-order valence-corrected chi connectivity index (χ1v) is 4.03. The van der Waals surface area contributed by atoms with Gasteiger partial charge in [-0.1, -0.05) is 6.92 Å². The van der Waals surface area contributed by atoms with Crippen molar-refractivity contribution in [2.24, 2.45) is 9.98 Å². The van der Waals surface area contributed by atoms with Gasteiger partial charge in [0.25, 0.3) is 0 Å². The molecule has 0 radical (unpaired) electrons. The lowest BCUT2D eigenvalue weighted by Crippen LogP contribution is -2.33. The van der Waals surface area contributed by atoms with Gasteiger partial charge in [0, 0.05) is 11.8 Å². The number of amidine groups is 2. The number of hydrogen-bond acceptors (Lipinski definition) is 3. The molecule has 0 aliphatic carbocycles. The molecule has 0 amide bonds. The minimum atomic E-state index is 0.0640. The highest BCUT2D eigenvalue weighted by molar-refractivity contribution is 6.23. The summed E-state index contributed by atoms with van der Waals surface area (Å²) < 4.78 is 1.58. The molecule has 0 aromatic rings. The van der Waals surface area contributed by atoms with E-state index in [1.807, 2.05) is 13.8 Å². The normalized spacial score (nSPS) is 24.7. The van der Waals surface area contributed by atoms with E-state index in [0.717, 1.165) is 18.1 Å². The van der Waals surface area contributed by atoms with E-state index in [0.29, 0.717) is 0 Å². The Bertz CT molecular complexity index is 210. The smallest absolute Gasteiger partial charge is 0.139 e. The van der Waals surface area contributed by atoms with Crippen LogP contribution in [0.4, 0.5) is 0 Å². The topological polar surface area (TPSA) is 28.0 Å². The Morgan fingerprint density at radius 2 is 2.18 bits per heavy atom. The standard InChI is InChI=1S/C7H12ClN3/c1-4-7-10-5(2)9-6(3)11(7)8/h7H,4H2,1-3H3. The van der Waals surface area contributed by atoms with E-state index in [2.05, 4.69) is 16.9 Å². The highest BCUT2D eigenvalue weighted by atomic mass is 35.5. The predicted octanol–water partition coefficient (Wildman–Crippen LogP) is 2.03. The van der Waals surface area contributed by atoms with Gasteiger partial charge < -0.3 is 0 Å². The van der Waals surface area contributed by atoms with Gasteiger partial charge >= 0.3 is 0 Å². The van der Waals surface area contributed by atoms with Gasteiger partial charge in [0.1, 0.15) is 17.8 Å². The van der Waals surface area contributed by atoms with Crippen LogP contribution in [0.3, 0.4) is 0 Å². The molecule has 4 heteroatoms. The van der Waals surface area contributed by atoms with Crippen molar-refractivity contribution in [3.63, 3.8) is 0 Å². The molecule has 11 heavy (non-hydrogen) atoms. The molecule has 1 heterocycles. The third-order valence-corrected chi connectivity index (χ3v) is 2.07. The summed E-state index contributed by atoms with van der Waals surface area (Å²) in [6.45, 7) is 5.82. The van der Waals surface area contributed by atoms with Crippen LogP contribution in [0.25, 0.3) is 0 Å². The van der Waals surface area contributed by atoms with Gasteiger partial charge in [-0.05, 0) is 20.3 Å². The second kappa shape index (κ2) is 3.22. The summed E-state index contributed by atoms with van der Waals surface area (Å²) >= 11 is 5.89. The Morgan fingerprint density at radius 3 is 2.73 bits per heavy atom. The van der Waals surface area contributed by atoms with Crippen molar-refractivity contribution < 1.29 is 0 Å². The number of hydrogen-bond donors (Lipinski definition) is 0. The maximum Gasteiger partial charge on any atom is 0.139 e. The second-order valence-electron chi connectivity index (χ2n) is 2.54. The zero-order valence-corrected chi connectivity index (χ0v) is 7.76. The Hall–Kier alpha value is -0.570. The fourth-order valence-corrected chi connectivity index (χ4v) is 1.26. The quantitative estimate of drug-likeness (QED) is 0.558. The van der Waals surface area contributed by atoms with Gasteiger partial charge in [0.2, 0.25) is 0 Å². The lowest BCUT2D eigenvalue weighted by atomic mass is 10.3. The van der Waals surface area contributed by atoms with E-state index >= 15 is 0 Å². The highest BCUT2D eigenvalue weighted by Crippen LogP contribution is 2.14. The number of rotatable bonds is 1. The highest BCUT2D eigenvalue weighted by Gasteiger charge is 2.18. The van der Waals surface area contributed by atoms with Crippen LogP contribution in [0.15, 0.2) is 9.98 Å². The molecule has 0 spiro atoms.